The van der Waals surface area contributed by atoms with Crippen molar-refractivity contribution in [3.05, 3.63) is 47.5 Å². The van der Waals surface area contributed by atoms with Crippen LogP contribution in [-0.2, 0) is 21.0 Å². The van der Waals surface area contributed by atoms with Crippen LogP contribution in [0.3, 0.4) is 0 Å². The van der Waals surface area contributed by atoms with Gasteiger partial charge in [-0.05, 0) is 37.1 Å². The summed E-state index contributed by atoms with van der Waals surface area (Å²) >= 11 is 0. The van der Waals surface area contributed by atoms with Gasteiger partial charge in [-0.1, -0.05) is 24.3 Å². The topological polar surface area (TPSA) is 18.5 Å². The van der Waals surface area contributed by atoms with Crippen molar-refractivity contribution >= 4 is 0 Å². The van der Waals surface area contributed by atoms with E-state index in [9.17, 15) is 0 Å². The van der Waals surface area contributed by atoms with Gasteiger partial charge >= 0.3 is 0 Å². The molecule has 0 saturated heterocycles. The Morgan fingerprint density at radius 2 is 1.29 bits per heavy atom. The molecule has 3 aliphatic rings. The van der Waals surface area contributed by atoms with E-state index in [0.717, 1.165) is 0 Å². The van der Waals surface area contributed by atoms with Crippen LogP contribution in [0.5, 0.6) is 0 Å². The second-order valence-electron chi connectivity index (χ2n) is 4.26. The van der Waals surface area contributed by atoms with Gasteiger partial charge in [-0.25, -0.2) is 9.78 Å². The molecule has 2 aliphatic heterocycles. The van der Waals surface area contributed by atoms with Crippen LogP contribution in [-0.4, -0.2) is 0 Å². The van der Waals surface area contributed by atoms with E-state index in [-0.39, 0.29) is 0 Å². The van der Waals surface area contributed by atoms with Crippen LogP contribution < -0.4 is 0 Å². The summed E-state index contributed by atoms with van der Waals surface area (Å²) in [6.07, 6.45) is 4.14. The lowest BCUT2D eigenvalue weighted by Crippen LogP contribution is -2.43. The van der Waals surface area contributed by atoms with Gasteiger partial charge in [0.15, 0.2) is 0 Å². The fourth-order valence-corrected chi connectivity index (χ4v) is 2.16. The van der Waals surface area contributed by atoms with Gasteiger partial charge in [0.25, 0.3) is 0 Å². The van der Waals surface area contributed by atoms with Gasteiger partial charge in [0.2, 0.25) is 0 Å². The summed E-state index contributed by atoms with van der Waals surface area (Å²) in [7, 11) is 0. The summed E-state index contributed by atoms with van der Waals surface area (Å²) in [6, 6.07) is 8.26. The van der Waals surface area contributed by atoms with Crippen molar-refractivity contribution in [2.24, 2.45) is 0 Å². The molecule has 0 aromatic heterocycles. The molecular weight excluding hydrogens is 180 g/mol. The predicted molar refractivity (Wildman–Crippen MR) is 52.5 cm³/mol. The average Bonchev–Trinajstić information content (AvgIpc) is 2.22. The molecule has 0 amide bonds. The highest BCUT2D eigenvalue weighted by atomic mass is 19.1. The zero-order chi connectivity index (χ0) is 9.81. The quantitative estimate of drug-likeness (QED) is 0.357. The molecule has 72 valence electrons. The molecule has 2 heteroatoms. The Kier molecular flexibility index (Phi) is 1.33. The van der Waals surface area contributed by atoms with E-state index >= 15 is 0 Å². The van der Waals surface area contributed by atoms with Crippen molar-refractivity contribution < 1.29 is 9.78 Å². The molecule has 1 aromatic carbocycles. The Balaban J connectivity index is 2.34. The van der Waals surface area contributed by atoms with Gasteiger partial charge in [0, 0.05) is 0 Å². The third kappa shape index (κ3) is 0.825. The molecule has 2 bridgehead atoms. The van der Waals surface area contributed by atoms with Gasteiger partial charge < -0.3 is 0 Å². The minimum absolute atomic E-state index is 0.408. The Labute approximate surface area is 83.1 Å². The van der Waals surface area contributed by atoms with E-state index in [1.54, 1.807) is 0 Å². The zero-order valence-corrected chi connectivity index (χ0v) is 8.28. The van der Waals surface area contributed by atoms with Crippen LogP contribution in [0.4, 0.5) is 0 Å². The number of hydrogen-bond donors (Lipinski definition) is 0. The number of rotatable bonds is 0. The minimum Gasteiger partial charge on any atom is -0.220 e. The molecule has 0 radical (unpaired) electrons. The van der Waals surface area contributed by atoms with Crippen LogP contribution in [0, 0.1) is 0 Å². The summed E-state index contributed by atoms with van der Waals surface area (Å²) in [5.41, 5.74) is 1.59. The highest BCUT2D eigenvalue weighted by Crippen LogP contribution is 2.48. The van der Waals surface area contributed by atoms with Crippen LogP contribution >= 0.6 is 0 Å². The Morgan fingerprint density at radius 1 is 0.857 bits per heavy atom. The van der Waals surface area contributed by atoms with Crippen LogP contribution in [0.2, 0.25) is 0 Å². The molecule has 0 spiro atoms. The summed E-state index contributed by atoms with van der Waals surface area (Å²) in [5, 5.41) is 0. The first kappa shape index (κ1) is 8.21. The Morgan fingerprint density at radius 3 is 1.64 bits per heavy atom. The lowest BCUT2D eigenvalue weighted by molar-refractivity contribution is -0.415. The molecule has 0 N–H and O–H groups in total. The largest absolute Gasteiger partial charge is 0.220 e. The normalized spacial score (nSPS) is 38.4. The summed E-state index contributed by atoms with van der Waals surface area (Å²) in [5.74, 6) is 0. The monoisotopic (exact) mass is 192 g/mol. The third-order valence-electron chi connectivity index (χ3n) is 3.10. The second-order valence-corrected chi connectivity index (χ2v) is 4.26. The number of fused-ring (bicyclic) bond motifs is 1. The maximum Gasteiger partial charge on any atom is 0.144 e. The predicted octanol–water partition coefficient (Wildman–Crippen LogP) is 2.65. The Hall–Kier alpha value is -1.12. The molecule has 14 heavy (non-hydrogen) atoms. The first-order valence-electron chi connectivity index (χ1n) is 4.81. The lowest BCUT2D eigenvalue weighted by atomic mass is 9.79. The van der Waals surface area contributed by atoms with E-state index in [1.165, 1.54) is 11.1 Å². The maximum atomic E-state index is 5.41. The lowest BCUT2D eigenvalue weighted by Gasteiger charge is -2.45. The number of benzene rings is 1. The maximum absolute atomic E-state index is 5.41. The van der Waals surface area contributed by atoms with Gasteiger partial charge in [-0.2, -0.15) is 0 Å². The first-order chi connectivity index (χ1) is 6.64. The summed E-state index contributed by atoms with van der Waals surface area (Å²) in [6.45, 7) is 4.03. The van der Waals surface area contributed by atoms with E-state index in [0.29, 0.717) is 0 Å². The standard InChI is InChI=1S/C12H12O2/c1-11-7-8-12(2,14-13-11)10-6-4-3-5-9(10)11/h3-8H,1-2H3/i13+2,14+2. The summed E-state index contributed by atoms with van der Waals surface area (Å²) in [4.78, 5) is 10.8. The summed E-state index contributed by atoms with van der Waals surface area (Å²) < 4.78 is 0. The van der Waals surface area contributed by atoms with E-state index < -0.39 is 11.2 Å². The zero-order valence-electron chi connectivity index (χ0n) is 8.28. The van der Waals surface area contributed by atoms with E-state index in [4.69, 9.17) is 9.78 Å². The Bertz CT molecular complexity index is 385. The molecule has 1 aliphatic carbocycles. The first-order valence-corrected chi connectivity index (χ1v) is 4.81. The molecule has 2 heterocycles. The average molecular weight is 192 g/mol. The number of hydrogen-bond acceptors (Lipinski definition) is 2. The van der Waals surface area contributed by atoms with E-state index in [2.05, 4.69) is 24.3 Å². The molecular formula is C12H12O2. The van der Waals surface area contributed by atoms with Crippen LogP contribution in [0.25, 0.3) is 0 Å². The van der Waals surface area contributed by atoms with E-state index in [1.807, 2.05) is 26.0 Å². The molecule has 2 atom stereocenters. The molecule has 1 aromatic rings. The van der Waals surface area contributed by atoms with Crippen LogP contribution in [0.1, 0.15) is 25.0 Å². The minimum atomic E-state index is -0.408. The highest BCUT2D eigenvalue weighted by molar-refractivity contribution is 5.46. The third-order valence-corrected chi connectivity index (χ3v) is 3.10. The fraction of sp³-hybridized carbons (Fsp3) is 0.333. The van der Waals surface area contributed by atoms with Crippen molar-refractivity contribution in [2.45, 2.75) is 25.0 Å². The van der Waals surface area contributed by atoms with Crippen molar-refractivity contribution in [3.63, 3.8) is 0 Å². The molecule has 0 saturated carbocycles. The smallest absolute Gasteiger partial charge is 0.144 e. The second kappa shape index (κ2) is 2.27. The van der Waals surface area contributed by atoms with Crippen molar-refractivity contribution in [3.8, 4) is 0 Å². The highest BCUT2D eigenvalue weighted by Gasteiger charge is 2.46. The van der Waals surface area contributed by atoms with Gasteiger partial charge in [-0.15, -0.1) is 0 Å². The molecule has 4 rings (SSSR count). The van der Waals surface area contributed by atoms with Gasteiger partial charge in [0.05, 0.1) is 0 Å². The van der Waals surface area contributed by atoms with Crippen molar-refractivity contribution in [2.75, 3.05) is 0 Å². The van der Waals surface area contributed by atoms with Gasteiger partial charge in [0.1, 0.15) is 11.2 Å². The molecule has 2 unspecified atom stereocenters. The van der Waals surface area contributed by atoms with Crippen LogP contribution in [0.15, 0.2) is 36.4 Å². The fourth-order valence-electron chi connectivity index (χ4n) is 2.16. The van der Waals surface area contributed by atoms with Gasteiger partial charge in [-0.3, -0.25) is 0 Å². The van der Waals surface area contributed by atoms with Crippen molar-refractivity contribution in [1.82, 2.24) is 0 Å². The molecule has 2 nitrogen and oxygen atoms in total. The molecule has 0 fully saturated rings. The SMILES string of the molecule is CC12C=CC(C)([18O][18O]1)c1ccccc12. The van der Waals surface area contributed by atoms with Crippen molar-refractivity contribution in [1.29, 1.82) is 0 Å².